The minimum Gasteiger partial charge on any atom is -0.309 e. The van der Waals surface area contributed by atoms with Crippen molar-refractivity contribution in [2.24, 2.45) is 17.8 Å². The summed E-state index contributed by atoms with van der Waals surface area (Å²) in [4.78, 5) is 13.9. The van der Waals surface area contributed by atoms with Crippen molar-refractivity contribution in [3.63, 3.8) is 0 Å². The Kier molecular flexibility index (Phi) is 4.39. The molecule has 1 heterocycles. The van der Waals surface area contributed by atoms with Crippen LogP contribution in [-0.2, 0) is 21.2 Å². The largest absolute Gasteiger partial charge is 0.309 e. The number of carbonyl (C=O) groups is 1. The summed E-state index contributed by atoms with van der Waals surface area (Å²) in [5, 5.41) is 0. The van der Waals surface area contributed by atoms with Gasteiger partial charge in [0.15, 0.2) is 0 Å². The van der Waals surface area contributed by atoms with E-state index in [1.165, 1.54) is 19.3 Å². The molecule has 3 aliphatic rings. The third-order valence-corrected chi connectivity index (χ3v) is 8.25. The van der Waals surface area contributed by atoms with Gasteiger partial charge in [0.2, 0.25) is 15.9 Å². The van der Waals surface area contributed by atoms with Gasteiger partial charge < -0.3 is 4.90 Å². The second-order valence-corrected chi connectivity index (χ2v) is 10.2. The Morgan fingerprint density at radius 1 is 1.27 bits per heavy atom. The van der Waals surface area contributed by atoms with Crippen molar-refractivity contribution in [3.8, 4) is 0 Å². The molecule has 1 aromatic carbocycles. The molecule has 0 aromatic heterocycles. The van der Waals surface area contributed by atoms with E-state index in [1.54, 1.807) is 30.0 Å². The summed E-state index contributed by atoms with van der Waals surface area (Å²) in [7, 11) is -3.54. The number of hydrogen-bond acceptors (Lipinski definition) is 3. The van der Waals surface area contributed by atoms with Crippen molar-refractivity contribution >= 4 is 21.6 Å². The highest BCUT2D eigenvalue weighted by molar-refractivity contribution is 7.89. The highest BCUT2D eigenvalue weighted by Crippen LogP contribution is 2.49. The van der Waals surface area contributed by atoms with Crippen LogP contribution in [0.1, 0.15) is 52.0 Å². The van der Waals surface area contributed by atoms with Crippen LogP contribution in [-0.4, -0.2) is 26.4 Å². The first-order chi connectivity index (χ1) is 12.3. The molecule has 0 saturated heterocycles. The van der Waals surface area contributed by atoms with Gasteiger partial charge in [-0.2, -0.15) is 0 Å². The number of sulfonamides is 1. The molecule has 5 atom stereocenters. The van der Waals surface area contributed by atoms with Crippen molar-refractivity contribution in [1.29, 1.82) is 0 Å². The lowest BCUT2D eigenvalue weighted by molar-refractivity contribution is -0.116. The Balaban J connectivity index is 1.54. The molecule has 2 aliphatic carbocycles. The van der Waals surface area contributed by atoms with Gasteiger partial charge in [0, 0.05) is 24.7 Å². The zero-order valence-corrected chi connectivity index (χ0v) is 16.6. The first-order valence-electron chi connectivity index (χ1n) is 9.71. The number of fused-ring (bicyclic) bond motifs is 3. The number of hydrogen-bond donors (Lipinski definition) is 1. The zero-order valence-electron chi connectivity index (χ0n) is 15.7. The van der Waals surface area contributed by atoms with Crippen molar-refractivity contribution in [3.05, 3.63) is 23.8 Å². The summed E-state index contributed by atoms with van der Waals surface area (Å²) < 4.78 is 28.7. The molecule has 1 amide bonds. The molecule has 1 aromatic rings. The van der Waals surface area contributed by atoms with Crippen molar-refractivity contribution in [2.75, 3.05) is 4.90 Å². The fraction of sp³-hybridized carbons (Fsp3) is 0.650. The van der Waals surface area contributed by atoms with Crippen LogP contribution >= 0.6 is 0 Å². The molecule has 5 nitrogen and oxygen atoms in total. The molecule has 5 unspecified atom stereocenters. The van der Waals surface area contributed by atoms with E-state index in [1.807, 2.05) is 13.8 Å². The predicted molar refractivity (Wildman–Crippen MR) is 101 cm³/mol. The fourth-order valence-electron chi connectivity index (χ4n) is 5.56. The molecule has 2 saturated carbocycles. The third kappa shape index (κ3) is 2.97. The first kappa shape index (κ1) is 18.0. The maximum atomic E-state index is 12.9. The van der Waals surface area contributed by atoms with Crippen LogP contribution in [0.25, 0.3) is 0 Å². The SMILES string of the molecule is CC(=O)N1c2ccc(S(=O)(=O)NC(C)C3CC4CCC3C4)cc2CC1C. The van der Waals surface area contributed by atoms with Crippen LogP contribution in [0.3, 0.4) is 0 Å². The van der Waals surface area contributed by atoms with E-state index in [0.29, 0.717) is 23.2 Å². The highest BCUT2D eigenvalue weighted by Gasteiger charge is 2.42. The molecule has 142 valence electrons. The van der Waals surface area contributed by atoms with E-state index in [2.05, 4.69) is 4.72 Å². The van der Waals surface area contributed by atoms with Crippen molar-refractivity contribution in [1.82, 2.24) is 4.72 Å². The molecule has 6 heteroatoms. The first-order valence-corrected chi connectivity index (χ1v) is 11.2. The second kappa shape index (κ2) is 6.34. The van der Waals surface area contributed by atoms with Crippen LogP contribution < -0.4 is 9.62 Å². The van der Waals surface area contributed by atoms with Gasteiger partial charge in [0.05, 0.1) is 4.90 Å². The molecule has 1 N–H and O–H groups in total. The Labute approximate surface area is 156 Å². The van der Waals surface area contributed by atoms with Gasteiger partial charge in [0.1, 0.15) is 0 Å². The maximum absolute atomic E-state index is 12.9. The fourth-order valence-corrected chi connectivity index (χ4v) is 6.91. The van der Waals surface area contributed by atoms with Crippen molar-refractivity contribution in [2.45, 2.75) is 69.9 Å². The smallest absolute Gasteiger partial charge is 0.240 e. The molecule has 0 spiro atoms. The molecule has 2 bridgehead atoms. The van der Waals surface area contributed by atoms with Gasteiger partial charge in [-0.15, -0.1) is 0 Å². The molecule has 2 fully saturated rings. The van der Waals surface area contributed by atoms with E-state index in [-0.39, 0.29) is 18.0 Å². The minimum atomic E-state index is -3.54. The van der Waals surface area contributed by atoms with E-state index in [0.717, 1.165) is 23.6 Å². The standard InChI is InChI=1S/C20H28N2O3S/c1-12-8-17-11-18(6-7-20(17)22(12)14(3)23)26(24,25)21-13(2)19-10-15-4-5-16(19)9-15/h6-7,11-13,15-16,19,21H,4-5,8-10H2,1-3H3. The van der Waals surface area contributed by atoms with Crippen molar-refractivity contribution < 1.29 is 13.2 Å². The summed E-state index contributed by atoms with van der Waals surface area (Å²) in [6.07, 6.45) is 5.69. The van der Waals surface area contributed by atoms with E-state index in [9.17, 15) is 13.2 Å². The molecule has 1 aliphatic heterocycles. The van der Waals surface area contributed by atoms with Gasteiger partial charge in [-0.1, -0.05) is 6.42 Å². The molecular formula is C20H28N2O3S. The van der Waals surface area contributed by atoms with Gasteiger partial charge in [-0.25, -0.2) is 13.1 Å². The molecule has 26 heavy (non-hydrogen) atoms. The quantitative estimate of drug-likeness (QED) is 0.878. The van der Waals surface area contributed by atoms with Crippen LogP contribution in [0.4, 0.5) is 5.69 Å². The second-order valence-electron chi connectivity index (χ2n) is 8.48. The summed E-state index contributed by atoms with van der Waals surface area (Å²) in [6, 6.07) is 5.18. The molecule has 0 radical (unpaired) electrons. The molecule has 4 rings (SSSR count). The van der Waals surface area contributed by atoms with Gasteiger partial charge >= 0.3 is 0 Å². The number of rotatable bonds is 4. The average molecular weight is 377 g/mol. The highest BCUT2D eigenvalue weighted by atomic mass is 32.2. The van der Waals surface area contributed by atoms with Gasteiger partial charge in [0.25, 0.3) is 0 Å². The van der Waals surface area contributed by atoms with Gasteiger partial charge in [-0.3, -0.25) is 4.79 Å². The third-order valence-electron chi connectivity index (χ3n) is 6.69. The Morgan fingerprint density at radius 2 is 2.04 bits per heavy atom. The summed E-state index contributed by atoms with van der Waals surface area (Å²) in [6.45, 7) is 5.55. The van der Waals surface area contributed by atoms with Gasteiger partial charge in [-0.05, 0) is 81.0 Å². The van der Waals surface area contributed by atoms with E-state index < -0.39 is 10.0 Å². The predicted octanol–water partition coefficient (Wildman–Crippen LogP) is 3.09. The number of nitrogens with zero attached hydrogens (tertiary/aromatic N) is 1. The number of amides is 1. The zero-order chi connectivity index (χ0) is 18.6. The average Bonchev–Trinajstić information content (AvgIpc) is 3.26. The topological polar surface area (TPSA) is 66.5 Å². The summed E-state index contributed by atoms with van der Waals surface area (Å²) in [5.41, 5.74) is 1.77. The Morgan fingerprint density at radius 3 is 2.65 bits per heavy atom. The van der Waals surface area contributed by atoms with Crippen LogP contribution in [0.5, 0.6) is 0 Å². The van der Waals surface area contributed by atoms with E-state index >= 15 is 0 Å². The molecular weight excluding hydrogens is 348 g/mol. The van der Waals surface area contributed by atoms with Crippen LogP contribution in [0.2, 0.25) is 0 Å². The lowest BCUT2D eigenvalue weighted by Crippen LogP contribution is -2.40. The minimum absolute atomic E-state index is 0.00473. The lowest BCUT2D eigenvalue weighted by atomic mass is 9.84. The normalized spacial score (nSPS) is 31.3. The summed E-state index contributed by atoms with van der Waals surface area (Å²) in [5.74, 6) is 1.94. The number of nitrogens with one attached hydrogen (secondary N) is 1. The number of carbonyl (C=O) groups excluding carboxylic acids is 1. The Hall–Kier alpha value is -1.40. The maximum Gasteiger partial charge on any atom is 0.240 e. The van der Waals surface area contributed by atoms with Crippen LogP contribution in [0, 0.1) is 17.8 Å². The number of benzene rings is 1. The lowest BCUT2D eigenvalue weighted by Gasteiger charge is -2.28. The number of anilines is 1. The van der Waals surface area contributed by atoms with E-state index in [4.69, 9.17) is 0 Å². The van der Waals surface area contributed by atoms with Crippen LogP contribution in [0.15, 0.2) is 23.1 Å². The summed E-state index contributed by atoms with van der Waals surface area (Å²) >= 11 is 0. The monoisotopic (exact) mass is 376 g/mol. The Bertz CT molecular complexity index is 835.